The van der Waals surface area contributed by atoms with E-state index in [2.05, 4.69) is 19.9 Å². The van der Waals surface area contributed by atoms with Gasteiger partial charge in [0.2, 0.25) is 5.95 Å². The molecule has 108 valence electrons. The van der Waals surface area contributed by atoms with Crippen LogP contribution in [-0.2, 0) is 6.42 Å². The monoisotopic (exact) mass is 292 g/mol. The Morgan fingerprint density at radius 2 is 1.91 bits per heavy atom. The minimum Gasteiger partial charge on any atom is -0.324 e. The van der Waals surface area contributed by atoms with Gasteiger partial charge in [0.05, 0.1) is 11.9 Å². The first-order chi connectivity index (χ1) is 10.8. The molecular weight excluding hydrogens is 279 g/mol. The fourth-order valence-corrected chi connectivity index (χ4v) is 2.76. The number of halogens is 1. The summed E-state index contributed by atoms with van der Waals surface area (Å²) in [6.07, 6.45) is 7.91. The highest BCUT2D eigenvalue weighted by molar-refractivity contribution is 5.69. The van der Waals surface area contributed by atoms with Crippen LogP contribution in [0.4, 0.5) is 15.9 Å². The van der Waals surface area contributed by atoms with Crippen LogP contribution in [0.15, 0.2) is 55.1 Å². The van der Waals surface area contributed by atoms with E-state index < -0.39 is 5.95 Å². The maximum absolute atomic E-state index is 13.2. The Morgan fingerprint density at radius 1 is 0.955 bits per heavy atom. The summed E-state index contributed by atoms with van der Waals surface area (Å²) < 4.78 is 13.2. The van der Waals surface area contributed by atoms with Crippen molar-refractivity contribution < 1.29 is 4.39 Å². The molecule has 4 nitrogen and oxygen atoms in total. The molecule has 0 spiro atoms. The second-order valence-corrected chi connectivity index (χ2v) is 5.18. The van der Waals surface area contributed by atoms with Crippen molar-refractivity contribution in [3.8, 4) is 11.1 Å². The average molecular weight is 292 g/mol. The third kappa shape index (κ3) is 2.20. The maximum atomic E-state index is 13.2. The summed E-state index contributed by atoms with van der Waals surface area (Å²) in [5, 5.41) is 0. The molecule has 3 aromatic heterocycles. The van der Waals surface area contributed by atoms with E-state index in [9.17, 15) is 4.39 Å². The largest absolute Gasteiger partial charge is 0.324 e. The summed E-state index contributed by atoms with van der Waals surface area (Å²) in [6.45, 7) is 0.900. The lowest BCUT2D eigenvalue weighted by atomic mass is 10.1. The molecule has 0 aliphatic carbocycles. The van der Waals surface area contributed by atoms with Crippen molar-refractivity contribution in [2.45, 2.75) is 6.42 Å². The molecule has 1 aliphatic heterocycles. The number of hydrogen-bond donors (Lipinski definition) is 0. The van der Waals surface area contributed by atoms with Crippen molar-refractivity contribution in [3.63, 3.8) is 0 Å². The first-order valence-corrected chi connectivity index (χ1v) is 7.10. The summed E-state index contributed by atoms with van der Waals surface area (Å²) in [5.74, 6) is 0.395. The first kappa shape index (κ1) is 12.9. The van der Waals surface area contributed by atoms with Gasteiger partial charge in [-0.3, -0.25) is 4.98 Å². The van der Waals surface area contributed by atoms with Crippen LogP contribution in [0.5, 0.6) is 0 Å². The molecule has 0 amide bonds. The average Bonchev–Trinajstić information content (AvgIpc) is 2.99. The van der Waals surface area contributed by atoms with Gasteiger partial charge in [0.25, 0.3) is 0 Å². The summed E-state index contributed by atoms with van der Waals surface area (Å²) >= 11 is 0. The maximum Gasteiger partial charge on any atom is 0.213 e. The lowest BCUT2D eigenvalue weighted by molar-refractivity contribution is 0.584. The number of hydrogen-bond acceptors (Lipinski definition) is 4. The molecule has 4 heterocycles. The standard InChI is InChI=1S/C17H13FN4/c18-16-9-13(4-7-20-16)14-1-2-17(21-10-14)22-8-5-12-3-6-19-11-15(12)22/h1-4,6-7,9-11H,5,8H2. The molecule has 4 rings (SSSR count). The van der Waals surface area contributed by atoms with Gasteiger partial charge in [0.1, 0.15) is 5.82 Å². The SMILES string of the molecule is Fc1cc(-c2ccc(N3CCc4ccncc43)nc2)ccn1. The van der Waals surface area contributed by atoms with Gasteiger partial charge in [-0.2, -0.15) is 4.39 Å². The summed E-state index contributed by atoms with van der Waals surface area (Å²) in [5.41, 5.74) is 4.04. The van der Waals surface area contributed by atoms with Gasteiger partial charge in [0, 0.05) is 36.8 Å². The fourth-order valence-electron chi connectivity index (χ4n) is 2.76. The van der Waals surface area contributed by atoms with Crippen LogP contribution in [0, 0.1) is 5.95 Å². The van der Waals surface area contributed by atoms with Crippen molar-refractivity contribution in [2.75, 3.05) is 11.4 Å². The molecule has 5 heteroatoms. The smallest absolute Gasteiger partial charge is 0.213 e. The molecule has 0 saturated carbocycles. The molecule has 0 bridgehead atoms. The van der Waals surface area contributed by atoms with E-state index >= 15 is 0 Å². The van der Waals surface area contributed by atoms with E-state index in [1.807, 2.05) is 30.6 Å². The van der Waals surface area contributed by atoms with Crippen LogP contribution in [0.1, 0.15) is 5.56 Å². The predicted molar refractivity (Wildman–Crippen MR) is 82.4 cm³/mol. The van der Waals surface area contributed by atoms with Crippen molar-refractivity contribution in [3.05, 3.63) is 66.6 Å². The zero-order valence-corrected chi connectivity index (χ0v) is 11.8. The molecule has 0 radical (unpaired) electrons. The Labute approximate surface area is 127 Å². The van der Waals surface area contributed by atoms with Crippen LogP contribution in [0.3, 0.4) is 0 Å². The molecule has 3 aromatic rings. The van der Waals surface area contributed by atoms with Gasteiger partial charge < -0.3 is 4.90 Å². The van der Waals surface area contributed by atoms with Gasteiger partial charge in [-0.05, 0) is 41.8 Å². The highest BCUT2D eigenvalue weighted by Gasteiger charge is 2.21. The molecule has 1 aliphatic rings. The van der Waals surface area contributed by atoms with E-state index in [4.69, 9.17) is 0 Å². The molecular formula is C17H13FN4. The Kier molecular flexibility index (Phi) is 3.04. The molecule has 0 fully saturated rings. The Hall–Kier alpha value is -2.82. The number of rotatable bonds is 2. The van der Waals surface area contributed by atoms with Crippen LogP contribution in [-0.4, -0.2) is 21.5 Å². The van der Waals surface area contributed by atoms with Gasteiger partial charge in [-0.1, -0.05) is 0 Å². The minimum absolute atomic E-state index is 0.485. The molecule has 0 aromatic carbocycles. The van der Waals surface area contributed by atoms with Crippen molar-refractivity contribution in [1.29, 1.82) is 0 Å². The predicted octanol–water partition coefficient (Wildman–Crippen LogP) is 3.37. The van der Waals surface area contributed by atoms with Crippen LogP contribution < -0.4 is 4.90 Å². The van der Waals surface area contributed by atoms with Crippen LogP contribution in [0.2, 0.25) is 0 Å². The molecule has 0 saturated heterocycles. The zero-order chi connectivity index (χ0) is 14.9. The fraction of sp³-hybridized carbons (Fsp3) is 0.118. The number of aromatic nitrogens is 3. The Morgan fingerprint density at radius 3 is 2.73 bits per heavy atom. The molecule has 0 atom stereocenters. The summed E-state index contributed by atoms with van der Waals surface area (Å²) in [4.78, 5) is 14.4. The van der Waals surface area contributed by atoms with E-state index in [0.717, 1.165) is 35.6 Å². The van der Waals surface area contributed by atoms with Crippen LogP contribution in [0.25, 0.3) is 11.1 Å². The van der Waals surface area contributed by atoms with Gasteiger partial charge in [-0.25, -0.2) is 9.97 Å². The van der Waals surface area contributed by atoms with E-state index in [1.165, 1.54) is 17.8 Å². The van der Waals surface area contributed by atoms with E-state index in [1.54, 1.807) is 12.3 Å². The molecule has 0 N–H and O–H groups in total. The van der Waals surface area contributed by atoms with Crippen molar-refractivity contribution >= 4 is 11.5 Å². The number of fused-ring (bicyclic) bond motifs is 1. The second-order valence-electron chi connectivity index (χ2n) is 5.18. The normalized spacial score (nSPS) is 13.2. The third-order valence-corrected chi connectivity index (χ3v) is 3.87. The van der Waals surface area contributed by atoms with Gasteiger partial charge in [-0.15, -0.1) is 0 Å². The lowest BCUT2D eigenvalue weighted by Crippen LogP contribution is -2.14. The number of pyridine rings is 3. The van der Waals surface area contributed by atoms with Crippen LogP contribution >= 0.6 is 0 Å². The second kappa shape index (κ2) is 5.18. The Bertz CT molecular complexity index is 817. The van der Waals surface area contributed by atoms with E-state index in [0.29, 0.717) is 0 Å². The quantitative estimate of drug-likeness (QED) is 0.679. The van der Waals surface area contributed by atoms with E-state index in [-0.39, 0.29) is 0 Å². The minimum atomic E-state index is -0.485. The third-order valence-electron chi connectivity index (χ3n) is 3.87. The Balaban J connectivity index is 1.66. The number of anilines is 2. The highest BCUT2D eigenvalue weighted by atomic mass is 19.1. The van der Waals surface area contributed by atoms with Gasteiger partial charge in [0.15, 0.2) is 0 Å². The lowest BCUT2D eigenvalue weighted by Gasteiger charge is -2.18. The first-order valence-electron chi connectivity index (χ1n) is 7.10. The topological polar surface area (TPSA) is 41.9 Å². The number of nitrogens with zero attached hydrogens (tertiary/aromatic N) is 4. The van der Waals surface area contributed by atoms with Crippen molar-refractivity contribution in [1.82, 2.24) is 15.0 Å². The van der Waals surface area contributed by atoms with Crippen molar-refractivity contribution in [2.24, 2.45) is 0 Å². The molecule has 22 heavy (non-hydrogen) atoms. The van der Waals surface area contributed by atoms with Gasteiger partial charge >= 0.3 is 0 Å². The summed E-state index contributed by atoms with van der Waals surface area (Å²) in [6, 6.07) is 9.13. The zero-order valence-electron chi connectivity index (χ0n) is 11.8. The molecule has 0 unspecified atom stereocenters. The summed E-state index contributed by atoms with van der Waals surface area (Å²) in [7, 11) is 0. The highest BCUT2D eigenvalue weighted by Crippen LogP contribution is 2.33.